The molecule has 0 saturated carbocycles. The lowest BCUT2D eigenvalue weighted by atomic mass is 9.98. The van der Waals surface area contributed by atoms with Gasteiger partial charge in [-0.25, -0.2) is 18.4 Å². The molecule has 1 saturated heterocycles. The summed E-state index contributed by atoms with van der Waals surface area (Å²) in [5.74, 6) is 2.68. The van der Waals surface area contributed by atoms with Crippen LogP contribution in [0.5, 0.6) is 11.5 Å². The fourth-order valence-electron chi connectivity index (χ4n) is 4.49. The van der Waals surface area contributed by atoms with E-state index in [0.717, 1.165) is 42.4 Å². The van der Waals surface area contributed by atoms with E-state index in [1.807, 2.05) is 30.3 Å². The Morgan fingerprint density at radius 2 is 1.52 bits per heavy atom. The zero-order valence-electron chi connectivity index (χ0n) is 22.6. The minimum atomic E-state index is -3.72. The van der Waals surface area contributed by atoms with Gasteiger partial charge in [-0.3, -0.25) is 4.72 Å². The van der Waals surface area contributed by atoms with Gasteiger partial charge in [0.05, 0.1) is 24.3 Å². The predicted octanol–water partition coefficient (Wildman–Crippen LogP) is 5.42. The first-order valence-corrected chi connectivity index (χ1v) is 14.6. The van der Waals surface area contributed by atoms with Crippen LogP contribution in [0.25, 0.3) is 11.3 Å². The Kier molecular flexibility index (Phi) is 8.47. The lowest BCUT2D eigenvalue weighted by Crippen LogP contribution is -2.32. The van der Waals surface area contributed by atoms with Gasteiger partial charge in [0.1, 0.15) is 23.6 Å². The average Bonchev–Trinajstić information content (AvgIpc) is 2.98. The average molecular weight is 560 g/mol. The largest absolute Gasteiger partial charge is 0.497 e. The summed E-state index contributed by atoms with van der Waals surface area (Å²) in [6.07, 6.45) is 3.86. The molecule has 2 heterocycles. The summed E-state index contributed by atoms with van der Waals surface area (Å²) >= 11 is 0. The van der Waals surface area contributed by atoms with E-state index in [0.29, 0.717) is 23.2 Å². The quantitative estimate of drug-likeness (QED) is 0.266. The monoisotopic (exact) mass is 559 g/mol. The van der Waals surface area contributed by atoms with Crippen molar-refractivity contribution in [3.63, 3.8) is 0 Å². The molecular weight excluding hydrogens is 526 g/mol. The van der Waals surface area contributed by atoms with Crippen LogP contribution in [-0.2, 0) is 10.0 Å². The maximum absolute atomic E-state index is 12.7. The molecule has 0 radical (unpaired) electrons. The van der Waals surface area contributed by atoms with Gasteiger partial charge in [-0.05, 0) is 112 Å². The molecule has 4 aromatic rings. The Morgan fingerprint density at radius 1 is 0.875 bits per heavy atom. The molecule has 1 aliphatic rings. The highest BCUT2D eigenvalue weighted by Gasteiger charge is 2.17. The minimum Gasteiger partial charge on any atom is -0.497 e. The van der Waals surface area contributed by atoms with Crippen molar-refractivity contribution in [2.24, 2.45) is 5.92 Å². The zero-order chi connectivity index (χ0) is 28.0. The molecule has 40 heavy (non-hydrogen) atoms. The molecule has 1 fully saturated rings. The number of anilines is 3. The fraction of sp³-hybridized carbons (Fsp3) is 0.267. The second-order valence-corrected chi connectivity index (χ2v) is 11.5. The van der Waals surface area contributed by atoms with E-state index in [9.17, 15) is 8.42 Å². The first kappa shape index (κ1) is 27.4. The summed E-state index contributed by atoms with van der Waals surface area (Å²) in [6.45, 7) is 3.01. The molecule has 1 aromatic heterocycles. The third-order valence-electron chi connectivity index (χ3n) is 6.92. The fourth-order valence-corrected chi connectivity index (χ4v) is 5.55. The molecule has 1 aliphatic heterocycles. The Balaban J connectivity index is 1.18. The van der Waals surface area contributed by atoms with Crippen LogP contribution in [0, 0.1) is 5.92 Å². The second kappa shape index (κ2) is 12.4. The molecule has 2 N–H and O–H groups in total. The molecule has 5 rings (SSSR count). The van der Waals surface area contributed by atoms with Gasteiger partial charge < -0.3 is 19.7 Å². The van der Waals surface area contributed by atoms with Gasteiger partial charge in [0.15, 0.2) is 0 Å². The molecule has 208 valence electrons. The van der Waals surface area contributed by atoms with Gasteiger partial charge in [0.25, 0.3) is 10.0 Å². The minimum absolute atomic E-state index is 0.154. The third kappa shape index (κ3) is 7.08. The maximum atomic E-state index is 12.7. The number of nitrogens with zero attached hydrogens (tertiary/aromatic N) is 3. The number of hydrogen-bond donors (Lipinski definition) is 2. The van der Waals surface area contributed by atoms with Gasteiger partial charge in [-0.2, -0.15) is 0 Å². The molecule has 3 aromatic carbocycles. The molecule has 0 spiro atoms. The molecule has 0 atom stereocenters. The standard InChI is InChI=1S/C30H33N5O4S/c1-35-17-15-22(16-18-35)20-39-27-9-3-23(4-10-27)29-19-30(32-21-31-29)33-24-5-7-25(8-6-24)34-40(36,37)28-13-11-26(38-2)12-14-28/h3-14,19,21-22,34H,15-18,20H2,1-2H3,(H,31,32,33). The molecule has 0 unspecified atom stereocenters. The van der Waals surface area contributed by atoms with Gasteiger partial charge in [-0.15, -0.1) is 0 Å². The van der Waals surface area contributed by atoms with Crippen LogP contribution in [0.1, 0.15) is 12.8 Å². The summed E-state index contributed by atoms with van der Waals surface area (Å²) in [6, 6.07) is 23.0. The summed E-state index contributed by atoms with van der Waals surface area (Å²) in [7, 11) is -0.0215. The number of methoxy groups -OCH3 is 1. The van der Waals surface area contributed by atoms with Gasteiger partial charge in [0, 0.05) is 23.0 Å². The van der Waals surface area contributed by atoms with Crippen molar-refractivity contribution in [3.8, 4) is 22.8 Å². The number of likely N-dealkylation sites (tertiary alicyclic amines) is 1. The number of nitrogens with one attached hydrogen (secondary N) is 2. The third-order valence-corrected chi connectivity index (χ3v) is 8.32. The van der Waals surface area contributed by atoms with Crippen LogP contribution in [0.4, 0.5) is 17.2 Å². The van der Waals surface area contributed by atoms with Crippen LogP contribution in [-0.4, -0.2) is 57.1 Å². The van der Waals surface area contributed by atoms with E-state index in [2.05, 4.69) is 32.0 Å². The van der Waals surface area contributed by atoms with Crippen LogP contribution < -0.4 is 19.5 Å². The Labute approximate surface area is 235 Å². The van der Waals surface area contributed by atoms with Crippen LogP contribution >= 0.6 is 0 Å². The number of rotatable bonds is 10. The van der Waals surface area contributed by atoms with Crippen LogP contribution in [0.15, 0.2) is 90.1 Å². The van der Waals surface area contributed by atoms with Gasteiger partial charge in [0.2, 0.25) is 0 Å². The lowest BCUT2D eigenvalue weighted by molar-refractivity contribution is 0.160. The van der Waals surface area contributed by atoms with E-state index in [1.165, 1.54) is 38.4 Å². The maximum Gasteiger partial charge on any atom is 0.261 e. The first-order chi connectivity index (χ1) is 19.4. The highest BCUT2D eigenvalue weighted by molar-refractivity contribution is 7.92. The topological polar surface area (TPSA) is 106 Å². The lowest BCUT2D eigenvalue weighted by Gasteiger charge is -2.28. The highest BCUT2D eigenvalue weighted by Crippen LogP contribution is 2.26. The summed E-state index contributed by atoms with van der Waals surface area (Å²) < 4.78 is 39.1. The molecule has 9 nitrogen and oxygen atoms in total. The van der Waals surface area contributed by atoms with E-state index in [-0.39, 0.29) is 4.90 Å². The van der Waals surface area contributed by atoms with E-state index < -0.39 is 10.0 Å². The number of sulfonamides is 1. The second-order valence-electron chi connectivity index (χ2n) is 9.85. The summed E-state index contributed by atoms with van der Waals surface area (Å²) in [5.41, 5.74) is 2.95. The van der Waals surface area contributed by atoms with E-state index in [1.54, 1.807) is 36.4 Å². The summed E-state index contributed by atoms with van der Waals surface area (Å²) in [5, 5.41) is 3.25. The van der Waals surface area contributed by atoms with Crippen LogP contribution in [0.2, 0.25) is 0 Å². The van der Waals surface area contributed by atoms with Gasteiger partial charge >= 0.3 is 0 Å². The summed E-state index contributed by atoms with van der Waals surface area (Å²) in [4.78, 5) is 11.3. The SMILES string of the molecule is COc1ccc(S(=O)(=O)Nc2ccc(Nc3cc(-c4ccc(OCC5CCN(C)CC5)cc4)ncn3)cc2)cc1. The smallest absolute Gasteiger partial charge is 0.261 e. The predicted molar refractivity (Wildman–Crippen MR) is 157 cm³/mol. The van der Waals surface area contributed by atoms with Crippen molar-refractivity contribution < 1.29 is 17.9 Å². The van der Waals surface area contributed by atoms with Crippen molar-refractivity contribution in [1.82, 2.24) is 14.9 Å². The Morgan fingerprint density at radius 3 is 2.20 bits per heavy atom. The van der Waals surface area contributed by atoms with Crippen molar-refractivity contribution in [3.05, 3.63) is 85.2 Å². The Bertz CT molecular complexity index is 1500. The zero-order valence-corrected chi connectivity index (χ0v) is 23.4. The number of piperidine rings is 1. The number of ether oxygens (including phenoxy) is 2. The van der Waals surface area contributed by atoms with Crippen molar-refractivity contribution >= 4 is 27.2 Å². The molecular formula is C30H33N5O4S. The highest BCUT2D eigenvalue weighted by atomic mass is 32.2. The normalized spacial score (nSPS) is 14.4. The van der Waals surface area contributed by atoms with Crippen molar-refractivity contribution in [1.29, 1.82) is 0 Å². The Hall–Kier alpha value is -4.15. The number of hydrogen-bond acceptors (Lipinski definition) is 8. The molecule has 0 aliphatic carbocycles. The van der Waals surface area contributed by atoms with Crippen molar-refractivity contribution in [2.75, 3.05) is 43.9 Å². The van der Waals surface area contributed by atoms with Crippen molar-refractivity contribution in [2.45, 2.75) is 17.7 Å². The number of benzene rings is 3. The molecule has 10 heteroatoms. The number of aromatic nitrogens is 2. The van der Waals surface area contributed by atoms with E-state index >= 15 is 0 Å². The van der Waals surface area contributed by atoms with E-state index in [4.69, 9.17) is 9.47 Å². The van der Waals surface area contributed by atoms with Gasteiger partial charge in [-0.1, -0.05) is 0 Å². The molecule has 0 amide bonds. The molecule has 0 bridgehead atoms. The van der Waals surface area contributed by atoms with Crippen LogP contribution in [0.3, 0.4) is 0 Å². The first-order valence-electron chi connectivity index (χ1n) is 13.2.